The molecule has 1 aromatic rings. The fraction of sp³-hybridized carbons (Fsp3) is 0.600. The number of nitrogens with two attached hydrogens (primary N) is 1. The van der Waals surface area contributed by atoms with E-state index in [0.29, 0.717) is 0 Å². The lowest BCUT2D eigenvalue weighted by molar-refractivity contribution is 0.363. The van der Waals surface area contributed by atoms with Crippen LogP contribution in [0.5, 0.6) is 11.5 Å². The molecule has 1 aliphatic carbocycles. The van der Waals surface area contributed by atoms with Crippen molar-refractivity contribution in [2.75, 3.05) is 14.2 Å². The third-order valence-corrected chi connectivity index (χ3v) is 4.10. The highest BCUT2D eigenvalue weighted by Crippen LogP contribution is 2.45. The maximum Gasteiger partial charge on any atom is 0.130 e. The predicted octanol–water partition coefficient (Wildman–Crippen LogP) is 3.05. The summed E-state index contributed by atoms with van der Waals surface area (Å²) in [7, 11) is 3.40. The van der Waals surface area contributed by atoms with Gasteiger partial charge in [-0.25, -0.2) is 0 Å². The van der Waals surface area contributed by atoms with Gasteiger partial charge in [0, 0.05) is 16.7 Å². The van der Waals surface area contributed by atoms with E-state index in [0.717, 1.165) is 29.9 Å². The third kappa shape index (κ3) is 1.97. The van der Waals surface area contributed by atoms with Crippen LogP contribution >= 0.6 is 0 Å². The molecule has 0 heterocycles. The minimum absolute atomic E-state index is 0.230. The lowest BCUT2D eigenvalue weighted by atomic mass is 9.84. The third-order valence-electron chi connectivity index (χ3n) is 4.10. The molecule has 2 N–H and O–H groups in total. The van der Waals surface area contributed by atoms with Crippen molar-refractivity contribution < 1.29 is 9.47 Å². The highest BCUT2D eigenvalue weighted by atomic mass is 16.5. The van der Waals surface area contributed by atoms with Gasteiger partial charge in [-0.05, 0) is 38.3 Å². The maximum atomic E-state index is 6.60. The summed E-state index contributed by atoms with van der Waals surface area (Å²) in [5.74, 6) is 1.77. The Balaban J connectivity index is 2.62. The molecule has 2 rings (SSSR count). The standard InChI is InChI=1S/C15H23NO2/c1-10-9-12(17-3)11(2)14(18-4)13(10)15(16)7-5-6-8-15/h9H,5-8,16H2,1-4H3. The molecule has 3 nitrogen and oxygen atoms in total. The van der Waals surface area contributed by atoms with Crippen LogP contribution in [-0.4, -0.2) is 14.2 Å². The highest BCUT2D eigenvalue weighted by molar-refractivity contribution is 5.56. The first kappa shape index (κ1) is 13.2. The molecule has 100 valence electrons. The summed E-state index contributed by atoms with van der Waals surface area (Å²) < 4.78 is 11.0. The van der Waals surface area contributed by atoms with Crippen LogP contribution in [0.15, 0.2) is 6.07 Å². The number of aryl methyl sites for hydroxylation is 1. The number of benzene rings is 1. The molecule has 1 saturated carbocycles. The molecule has 0 bridgehead atoms. The van der Waals surface area contributed by atoms with E-state index in [-0.39, 0.29) is 5.54 Å². The van der Waals surface area contributed by atoms with E-state index in [1.807, 2.05) is 6.92 Å². The first-order chi connectivity index (χ1) is 8.53. The van der Waals surface area contributed by atoms with Gasteiger partial charge < -0.3 is 15.2 Å². The second kappa shape index (κ2) is 4.81. The van der Waals surface area contributed by atoms with Gasteiger partial charge in [-0.2, -0.15) is 0 Å². The van der Waals surface area contributed by atoms with Crippen LogP contribution in [0.4, 0.5) is 0 Å². The molecule has 3 heteroatoms. The minimum atomic E-state index is -0.230. The Kier molecular flexibility index (Phi) is 3.53. The summed E-state index contributed by atoms with van der Waals surface area (Å²) in [5, 5.41) is 0. The van der Waals surface area contributed by atoms with Crippen molar-refractivity contribution in [1.82, 2.24) is 0 Å². The van der Waals surface area contributed by atoms with Crippen LogP contribution in [0, 0.1) is 13.8 Å². The van der Waals surface area contributed by atoms with Gasteiger partial charge in [0.15, 0.2) is 0 Å². The van der Waals surface area contributed by atoms with Crippen molar-refractivity contribution in [2.45, 2.75) is 45.1 Å². The second-order valence-corrected chi connectivity index (χ2v) is 5.29. The van der Waals surface area contributed by atoms with Gasteiger partial charge in [0.25, 0.3) is 0 Å². The van der Waals surface area contributed by atoms with Crippen molar-refractivity contribution in [1.29, 1.82) is 0 Å². The average Bonchev–Trinajstić information content (AvgIpc) is 2.78. The normalized spacial score (nSPS) is 17.8. The largest absolute Gasteiger partial charge is 0.496 e. The summed E-state index contributed by atoms with van der Waals surface area (Å²) in [6.45, 7) is 4.12. The van der Waals surface area contributed by atoms with Gasteiger partial charge in [0.2, 0.25) is 0 Å². The quantitative estimate of drug-likeness (QED) is 0.895. The summed E-state index contributed by atoms with van der Waals surface area (Å²) in [5.41, 5.74) is 9.74. The predicted molar refractivity (Wildman–Crippen MR) is 73.4 cm³/mol. The molecule has 0 radical (unpaired) electrons. The average molecular weight is 249 g/mol. The summed E-state index contributed by atoms with van der Waals surface area (Å²) >= 11 is 0. The Morgan fingerprint density at radius 2 is 1.72 bits per heavy atom. The van der Waals surface area contributed by atoms with E-state index in [2.05, 4.69) is 13.0 Å². The van der Waals surface area contributed by atoms with Crippen molar-refractivity contribution >= 4 is 0 Å². The summed E-state index contributed by atoms with van der Waals surface area (Å²) in [6.07, 6.45) is 4.47. The minimum Gasteiger partial charge on any atom is -0.496 e. The number of hydrogen-bond donors (Lipinski definition) is 1. The Hall–Kier alpha value is -1.22. The fourth-order valence-corrected chi connectivity index (χ4v) is 3.20. The maximum absolute atomic E-state index is 6.60. The molecule has 0 saturated heterocycles. The smallest absolute Gasteiger partial charge is 0.130 e. The summed E-state index contributed by atoms with van der Waals surface area (Å²) in [6, 6.07) is 2.07. The molecular weight excluding hydrogens is 226 g/mol. The SMILES string of the molecule is COc1cc(C)c(C2(N)CCCC2)c(OC)c1C. The van der Waals surface area contributed by atoms with Crippen LogP contribution in [0.25, 0.3) is 0 Å². The van der Waals surface area contributed by atoms with E-state index in [9.17, 15) is 0 Å². The van der Waals surface area contributed by atoms with Crippen LogP contribution in [-0.2, 0) is 5.54 Å². The number of methoxy groups -OCH3 is 2. The molecule has 1 aromatic carbocycles. The van der Waals surface area contributed by atoms with E-state index in [1.54, 1.807) is 14.2 Å². The molecule has 1 fully saturated rings. The Bertz CT molecular complexity index is 448. The number of rotatable bonds is 3. The molecule has 0 atom stereocenters. The Labute approximate surface area is 109 Å². The number of ether oxygens (including phenoxy) is 2. The monoisotopic (exact) mass is 249 g/mol. The van der Waals surface area contributed by atoms with Gasteiger partial charge in [0.1, 0.15) is 11.5 Å². The molecule has 0 aromatic heterocycles. The van der Waals surface area contributed by atoms with E-state index >= 15 is 0 Å². The number of hydrogen-bond acceptors (Lipinski definition) is 3. The van der Waals surface area contributed by atoms with E-state index in [4.69, 9.17) is 15.2 Å². The van der Waals surface area contributed by atoms with Gasteiger partial charge in [-0.15, -0.1) is 0 Å². The molecule has 18 heavy (non-hydrogen) atoms. The van der Waals surface area contributed by atoms with Crippen LogP contribution in [0.1, 0.15) is 42.4 Å². The van der Waals surface area contributed by atoms with E-state index in [1.165, 1.54) is 24.0 Å². The molecule has 0 unspecified atom stereocenters. The highest BCUT2D eigenvalue weighted by Gasteiger charge is 2.36. The summed E-state index contributed by atoms with van der Waals surface area (Å²) in [4.78, 5) is 0. The van der Waals surface area contributed by atoms with Gasteiger partial charge in [0.05, 0.1) is 14.2 Å². The Morgan fingerprint density at radius 3 is 2.22 bits per heavy atom. The Morgan fingerprint density at radius 1 is 1.11 bits per heavy atom. The zero-order valence-electron chi connectivity index (χ0n) is 11.8. The van der Waals surface area contributed by atoms with Gasteiger partial charge in [-0.1, -0.05) is 12.8 Å². The van der Waals surface area contributed by atoms with Crippen LogP contribution in [0.3, 0.4) is 0 Å². The molecule has 0 amide bonds. The van der Waals surface area contributed by atoms with Crippen LogP contribution in [0.2, 0.25) is 0 Å². The lowest BCUT2D eigenvalue weighted by Gasteiger charge is -2.29. The first-order valence-corrected chi connectivity index (χ1v) is 6.55. The van der Waals surface area contributed by atoms with Crippen molar-refractivity contribution in [3.05, 3.63) is 22.8 Å². The molecular formula is C15H23NO2. The van der Waals surface area contributed by atoms with Crippen molar-refractivity contribution in [2.24, 2.45) is 5.73 Å². The molecule has 0 spiro atoms. The molecule has 0 aliphatic heterocycles. The zero-order valence-corrected chi connectivity index (χ0v) is 11.8. The lowest BCUT2D eigenvalue weighted by Crippen LogP contribution is -2.34. The van der Waals surface area contributed by atoms with Crippen molar-refractivity contribution in [3.8, 4) is 11.5 Å². The topological polar surface area (TPSA) is 44.5 Å². The fourth-order valence-electron chi connectivity index (χ4n) is 3.20. The zero-order chi connectivity index (χ0) is 13.3. The van der Waals surface area contributed by atoms with Crippen LogP contribution < -0.4 is 15.2 Å². The second-order valence-electron chi connectivity index (χ2n) is 5.29. The first-order valence-electron chi connectivity index (χ1n) is 6.55. The van der Waals surface area contributed by atoms with Crippen molar-refractivity contribution in [3.63, 3.8) is 0 Å². The van der Waals surface area contributed by atoms with Gasteiger partial charge in [-0.3, -0.25) is 0 Å². The van der Waals surface area contributed by atoms with E-state index < -0.39 is 0 Å². The molecule has 1 aliphatic rings. The van der Waals surface area contributed by atoms with Gasteiger partial charge >= 0.3 is 0 Å².